The van der Waals surface area contributed by atoms with E-state index >= 15 is 0 Å². The third kappa shape index (κ3) is 6.66. The van der Waals surface area contributed by atoms with Gasteiger partial charge in [-0.05, 0) is 54.5 Å². The molecule has 1 aliphatic heterocycles. The van der Waals surface area contributed by atoms with E-state index in [1.807, 2.05) is 0 Å². The molecule has 1 fully saturated rings. The molecule has 9 nitrogen and oxygen atoms in total. The van der Waals surface area contributed by atoms with Gasteiger partial charge < -0.3 is 34.6 Å². The molecular weight excluding hydrogens is 432 g/mol. The molecule has 0 aromatic heterocycles. The molecule has 0 radical (unpaired) electrons. The van der Waals surface area contributed by atoms with Crippen LogP contribution in [0.15, 0.2) is 60.7 Å². The minimum atomic E-state index is -1.63. The molecule has 3 rings (SSSR count). The summed E-state index contributed by atoms with van der Waals surface area (Å²) in [6.07, 6.45) is -1.67. The topological polar surface area (TPSA) is 143 Å². The fourth-order valence-corrected chi connectivity index (χ4v) is 3.11. The monoisotopic (exact) mass is 456 g/mol. The highest BCUT2D eigenvalue weighted by molar-refractivity contribution is 5.88. The van der Waals surface area contributed by atoms with Crippen LogP contribution in [-0.2, 0) is 23.8 Å². The number of aromatic hydroxyl groups is 2. The first-order valence-corrected chi connectivity index (χ1v) is 10.1. The van der Waals surface area contributed by atoms with E-state index in [0.29, 0.717) is 11.1 Å². The van der Waals surface area contributed by atoms with Gasteiger partial charge in [0.05, 0.1) is 6.10 Å². The van der Waals surface area contributed by atoms with Gasteiger partial charge in [-0.3, -0.25) is 0 Å². The molecule has 5 atom stereocenters. The highest BCUT2D eigenvalue weighted by Crippen LogP contribution is 2.25. The first-order chi connectivity index (χ1) is 15.7. The number of phenols is 2. The standard InChI is InChI=1S/C24H24O9/c1-14-21(29)22(32-19(27)12-6-15-2-8-17(25)9-3-15)23(24(30)31-14)33-20(28)13-7-16-4-10-18(26)11-5-16/h2-14,21-26,29-30H,1H3/b12-6+,13-7+/t14-,21-,22+,23+,24+/m0/s1. The Labute approximate surface area is 189 Å². The number of rotatable bonds is 6. The highest BCUT2D eigenvalue weighted by Gasteiger charge is 2.47. The number of hydrogen-bond donors (Lipinski definition) is 4. The Kier molecular flexibility index (Phi) is 7.83. The number of esters is 2. The smallest absolute Gasteiger partial charge is 0.331 e. The van der Waals surface area contributed by atoms with Crippen LogP contribution in [0.5, 0.6) is 11.5 Å². The number of benzene rings is 2. The molecule has 0 amide bonds. The normalized spacial score (nSPS) is 25.2. The van der Waals surface area contributed by atoms with Gasteiger partial charge in [0.2, 0.25) is 0 Å². The van der Waals surface area contributed by atoms with E-state index in [2.05, 4.69) is 0 Å². The second-order valence-electron chi connectivity index (χ2n) is 7.38. The van der Waals surface area contributed by atoms with Crippen LogP contribution in [0.4, 0.5) is 0 Å². The van der Waals surface area contributed by atoms with Gasteiger partial charge in [0.25, 0.3) is 0 Å². The van der Waals surface area contributed by atoms with E-state index in [9.17, 15) is 30.0 Å². The summed E-state index contributed by atoms with van der Waals surface area (Å²) in [5.74, 6) is -1.55. The molecule has 33 heavy (non-hydrogen) atoms. The second kappa shape index (κ2) is 10.8. The molecule has 1 heterocycles. The lowest BCUT2D eigenvalue weighted by Crippen LogP contribution is -2.59. The summed E-state index contributed by atoms with van der Waals surface area (Å²) in [5.41, 5.74) is 1.23. The van der Waals surface area contributed by atoms with E-state index in [1.165, 1.54) is 43.3 Å². The second-order valence-corrected chi connectivity index (χ2v) is 7.38. The van der Waals surface area contributed by atoms with Crippen molar-refractivity contribution in [3.8, 4) is 11.5 Å². The van der Waals surface area contributed by atoms with Gasteiger partial charge >= 0.3 is 11.9 Å². The molecule has 1 saturated heterocycles. The van der Waals surface area contributed by atoms with Crippen LogP contribution >= 0.6 is 0 Å². The van der Waals surface area contributed by atoms with Crippen molar-refractivity contribution in [1.29, 1.82) is 0 Å². The van der Waals surface area contributed by atoms with Crippen LogP contribution in [-0.4, -0.2) is 63.1 Å². The van der Waals surface area contributed by atoms with E-state index in [-0.39, 0.29) is 11.5 Å². The maximum Gasteiger partial charge on any atom is 0.331 e. The zero-order chi connectivity index (χ0) is 24.0. The van der Waals surface area contributed by atoms with Crippen molar-refractivity contribution >= 4 is 24.1 Å². The zero-order valence-corrected chi connectivity index (χ0v) is 17.6. The van der Waals surface area contributed by atoms with Gasteiger partial charge in [0.1, 0.15) is 17.6 Å². The number of hydrogen-bond acceptors (Lipinski definition) is 9. The summed E-state index contributed by atoms with van der Waals surface area (Å²) in [6, 6.07) is 12.1. The first kappa shape index (κ1) is 24.0. The predicted octanol–water partition coefficient (Wildman–Crippen LogP) is 1.75. The minimum absolute atomic E-state index is 0.0735. The van der Waals surface area contributed by atoms with Crippen LogP contribution in [0.2, 0.25) is 0 Å². The van der Waals surface area contributed by atoms with Gasteiger partial charge in [-0.1, -0.05) is 24.3 Å². The first-order valence-electron chi connectivity index (χ1n) is 10.1. The molecule has 0 spiro atoms. The maximum atomic E-state index is 12.3. The lowest BCUT2D eigenvalue weighted by atomic mass is 9.99. The summed E-state index contributed by atoms with van der Waals surface area (Å²) in [6.45, 7) is 1.48. The lowest BCUT2D eigenvalue weighted by molar-refractivity contribution is -0.284. The highest BCUT2D eigenvalue weighted by atomic mass is 16.7. The van der Waals surface area contributed by atoms with E-state index in [1.54, 1.807) is 24.3 Å². The van der Waals surface area contributed by atoms with Crippen molar-refractivity contribution in [3.63, 3.8) is 0 Å². The van der Waals surface area contributed by atoms with Gasteiger partial charge in [0.15, 0.2) is 18.5 Å². The fraction of sp³-hybridized carbons (Fsp3) is 0.250. The van der Waals surface area contributed by atoms with Crippen molar-refractivity contribution in [1.82, 2.24) is 0 Å². The maximum absolute atomic E-state index is 12.3. The summed E-state index contributed by atoms with van der Waals surface area (Å²) in [5, 5.41) is 39.3. The Morgan fingerprint density at radius 1 is 0.788 bits per heavy atom. The number of aliphatic hydroxyl groups excluding tert-OH is 2. The molecule has 174 valence electrons. The molecule has 2 aromatic carbocycles. The van der Waals surface area contributed by atoms with Gasteiger partial charge in [-0.2, -0.15) is 0 Å². The molecule has 0 aliphatic carbocycles. The summed E-state index contributed by atoms with van der Waals surface area (Å²) < 4.78 is 15.7. The molecule has 0 saturated carbocycles. The summed E-state index contributed by atoms with van der Waals surface area (Å²) in [4.78, 5) is 24.6. The van der Waals surface area contributed by atoms with Crippen molar-refractivity contribution < 1.29 is 44.2 Å². The van der Waals surface area contributed by atoms with Crippen molar-refractivity contribution in [2.45, 2.75) is 37.6 Å². The van der Waals surface area contributed by atoms with E-state index in [0.717, 1.165) is 12.2 Å². The number of aliphatic hydroxyl groups is 2. The van der Waals surface area contributed by atoms with Crippen molar-refractivity contribution in [3.05, 3.63) is 71.8 Å². The van der Waals surface area contributed by atoms with Gasteiger partial charge in [0, 0.05) is 12.2 Å². The average Bonchev–Trinajstić information content (AvgIpc) is 2.79. The number of phenolic OH excluding ortho intramolecular Hbond substituents is 2. The SMILES string of the molecule is C[C@@H]1O[C@@H](O)[C@H](OC(=O)/C=C/c2ccc(O)cc2)[C@H](OC(=O)/C=C/c2ccc(O)cc2)[C@H]1O. The number of ether oxygens (including phenoxy) is 3. The molecule has 0 unspecified atom stereocenters. The molecule has 4 N–H and O–H groups in total. The lowest BCUT2D eigenvalue weighted by Gasteiger charge is -2.40. The molecule has 9 heteroatoms. The Hall–Kier alpha value is -3.66. The number of carbonyl (C=O) groups excluding carboxylic acids is 2. The minimum Gasteiger partial charge on any atom is -0.508 e. The molecule has 2 aromatic rings. The van der Waals surface area contributed by atoms with E-state index < -0.39 is 42.6 Å². The number of carbonyl (C=O) groups is 2. The van der Waals surface area contributed by atoms with Crippen LogP contribution in [0.1, 0.15) is 18.1 Å². The molecule has 1 aliphatic rings. The Bertz CT molecular complexity index is 1010. The van der Waals surface area contributed by atoms with E-state index in [4.69, 9.17) is 14.2 Å². The van der Waals surface area contributed by atoms with Crippen LogP contribution in [0.3, 0.4) is 0 Å². The third-order valence-electron chi connectivity index (χ3n) is 4.89. The quantitative estimate of drug-likeness (QED) is 0.378. The van der Waals surface area contributed by atoms with Crippen LogP contribution in [0, 0.1) is 0 Å². The Morgan fingerprint density at radius 3 is 1.67 bits per heavy atom. The van der Waals surface area contributed by atoms with Crippen molar-refractivity contribution in [2.75, 3.05) is 0 Å². The van der Waals surface area contributed by atoms with Crippen LogP contribution in [0.25, 0.3) is 12.2 Å². The molecule has 0 bridgehead atoms. The largest absolute Gasteiger partial charge is 0.508 e. The van der Waals surface area contributed by atoms with Gasteiger partial charge in [-0.25, -0.2) is 9.59 Å². The summed E-state index contributed by atoms with van der Waals surface area (Å²) >= 11 is 0. The average molecular weight is 456 g/mol. The predicted molar refractivity (Wildman–Crippen MR) is 117 cm³/mol. The molecular formula is C24H24O9. The zero-order valence-electron chi connectivity index (χ0n) is 17.6. The summed E-state index contributed by atoms with van der Waals surface area (Å²) in [7, 11) is 0. The Balaban J connectivity index is 1.68. The Morgan fingerprint density at radius 2 is 1.21 bits per heavy atom. The van der Waals surface area contributed by atoms with Gasteiger partial charge in [-0.15, -0.1) is 0 Å². The van der Waals surface area contributed by atoms with Crippen LogP contribution < -0.4 is 0 Å². The third-order valence-corrected chi connectivity index (χ3v) is 4.89. The fourth-order valence-electron chi connectivity index (χ4n) is 3.11. The van der Waals surface area contributed by atoms with Crippen molar-refractivity contribution in [2.24, 2.45) is 0 Å².